The molecule has 0 aromatic carbocycles. The summed E-state index contributed by atoms with van der Waals surface area (Å²) in [6.07, 6.45) is 45.0. The van der Waals surface area contributed by atoms with Gasteiger partial charge in [-0.15, -0.1) is 0 Å². The van der Waals surface area contributed by atoms with Crippen molar-refractivity contribution in [3.8, 4) is 0 Å². The van der Waals surface area contributed by atoms with Gasteiger partial charge >= 0.3 is 0 Å². The van der Waals surface area contributed by atoms with Crippen molar-refractivity contribution in [2.75, 3.05) is 42.7 Å². The second-order valence-electron chi connectivity index (χ2n) is 10.6. The Kier molecular flexibility index (Phi) is 94.0. The van der Waals surface area contributed by atoms with E-state index in [0.717, 1.165) is 42.7 Å². The Morgan fingerprint density at radius 2 is 0.143 bits per heavy atom. The molecule has 1 rings (SSSR count). The first-order valence-corrected chi connectivity index (χ1v) is 17.7. The van der Waals surface area contributed by atoms with Crippen LogP contribution in [0.1, 0.15) is 193 Å². The minimum Gasteiger partial charge on any atom is -0.400 e. The molecule has 264 valence electrons. The highest BCUT2D eigenvalue weighted by molar-refractivity contribution is 4.53. The van der Waals surface area contributed by atoms with Gasteiger partial charge in [0.05, 0.1) is 0 Å². The summed E-state index contributed by atoms with van der Waals surface area (Å²) in [5, 5.41) is 42.0. The Bertz CT molecular complexity index is 172. The highest BCUT2D eigenvalue weighted by Gasteiger charge is 1.97. The van der Waals surface area contributed by atoms with Crippen LogP contribution in [0.2, 0.25) is 0 Å². The van der Waals surface area contributed by atoms with Crippen LogP contribution >= 0.6 is 0 Å². The summed E-state index contributed by atoms with van der Waals surface area (Å²) in [5.41, 5.74) is 0. The Hall–Kier alpha value is -0.240. The molecule has 0 aliphatic heterocycles. The Labute approximate surface area is 265 Å². The topological polar surface area (TPSA) is 121 Å². The van der Waals surface area contributed by atoms with Crippen molar-refractivity contribution in [2.24, 2.45) is 0 Å². The maximum atomic E-state index is 7.00. The number of hydrogen-bond acceptors (Lipinski definition) is 6. The molecular formula is C36H84O6. The largest absolute Gasteiger partial charge is 0.400 e. The monoisotopic (exact) mass is 613 g/mol. The van der Waals surface area contributed by atoms with Gasteiger partial charge in [-0.25, -0.2) is 0 Å². The molecule has 0 aromatic rings. The number of hydrogen-bond donors (Lipinski definition) is 6. The zero-order valence-corrected chi connectivity index (χ0v) is 29.9. The van der Waals surface area contributed by atoms with Gasteiger partial charge < -0.3 is 30.6 Å². The first-order chi connectivity index (χ1) is 21.0. The molecule has 6 heteroatoms. The lowest BCUT2D eigenvalue weighted by atomic mass is 10.0. The van der Waals surface area contributed by atoms with Crippen molar-refractivity contribution in [3.63, 3.8) is 0 Å². The molecule has 6 N–H and O–H groups in total. The Balaban J connectivity index is -0.000000238. The fourth-order valence-electron chi connectivity index (χ4n) is 5.30. The summed E-state index contributed by atoms with van der Waals surface area (Å²) in [6, 6.07) is 0. The van der Waals surface area contributed by atoms with E-state index in [-0.39, 0.29) is 0 Å². The van der Waals surface area contributed by atoms with Gasteiger partial charge in [0.2, 0.25) is 0 Å². The lowest BCUT2D eigenvalue weighted by Gasteiger charge is -2.05. The predicted molar refractivity (Wildman–Crippen MR) is 187 cm³/mol. The van der Waals surface area contributed by atoms with Crippen LogP contribution < -0.4 is 0 Å². The summed E-state index contributed by atoms with van der Waals surface area (Å²) < 4.78 is 0. The van der Waals surface area contributed by atoms with E-state index in [1.54, 1.807) is 0 Å². The van der Waals surface area contributed by atoms with Crippen molar-refractivity contribution in [3.05, 3.63) is 0 Å². The maximum absolute atomic E-state index is 7.00. The summed E-state index contributed by atoms with van der Waals surface area (Å²) in [4.78, 5) is 0. The third kappa shape index (κ3) is 67.4. The van der Waals surface area contributed by atoms with Crippen LogP contribution in [-0.2, 0) is 0 Å². The van der Waals surface area contributed by atoms with Gasteiger partial charge in [-0.2, -0.15) is 0 Å². The van der Waals surface area contributed by atoms with E-state index in [1.165, 1.54) is 193 Å². The lowest BCUT2D eigenvalue weighted by Crippen LogP contribution is -1.85. The first kappa shape index (κ1) is 54.3. The summed E-state index contributed by atoms with van der Waals surface area (Å²) in [7, 11) is 6.00. The van der Waals surface area contributed by atoms with Crippen molar-refractivity contribution in [1.82, 2.24) is 0 Å². The molecule has 1 aliphatic carbocycles. The van der Waals surface area contributed by atoms with Crippen LogP contribution in [0.15, 0.2) is 0 Å². The minimum absolute atomic E-state index is 1.00. The molecule has 0 saturated heterocycles. The molecule has 6 nitrogen and oxygen atoms in total. The SMILES string of the molecule is C1CCCCCCCCCCCCCCCCCCCCCCCCCCCCC1.CO.CO.CO.CO.CO.CO. The Morgan fingerprint density at radius 3 is 0.167 bits per heavy atom. The Morgan fingerprint density at radius 1 is 0.119 bits per heavy atom. The molecule has 0 heterocycles. The van der Waals surface area contributed by atoms with Gasteiger partial charge in [0.25, 0.3) is 0 Å². The highest BCUT2D eigenvalue weighted by Crippen LogP contribution is 2.17. The summed E-state index contributed by atoms with van der Waals surface area (Å²) in [6.45, 7) is 0. The molecule has 0 spiro atoms. The van der Waals surface area contributed by atoms with Crippen molar-refractivity contribution < 1.29 is 30.6 Å². The molecule has 0 amide bonds. The maximum Gasteiger partial charge on any atom is 0.0319 e. The summed E-state index contributed by atoms with van der Waals surface area (Å²) in [5.74, 6) is 0. The number of rotatable bonds is 0. The van der Waals surface area contributed by atoms with E-state index >= 15 is 0 Å². The van der Waals surface area contributed by atoms with E-state index in [0.29, 0.717) is 0 Å². The molecule has 0 bridgehead atoms. The smallest absolute Gasteiger partial charge is 0.0319 e. The minimum atomic E-state index is 1.00. The van der Waals surface area contributed by atoms with E-state index in [2.05, 4.69) is 0 Å². The van der Waals surface area contributed by atoms with Crippen LogP contribution in [0.5, 0.6) is 0 Å². The number of aliphatic hydroxyl groups is 6. The molecule has 0 unspecified atom stereocenters. The second kappa shape index (κ2) is 72.8. The molecule has 0 aromatic heterocycles. The van der Waals surface area contributed by atoms with E-state index < -0.39 is 0 Å². The highest BCUT2D eigenvalue weighted by atomic mass is 16.2. The van der Waals surface area contributed by atoms with Gasteiger partial charge in [-0.3, -0.25) is 0 Å². The fourth-order valence-corrected chi connectivity index (χ4v) is 5.30. The molecule has 1 fully saturated rings. The van der Waals surface area contributed by atoms with E-state index in [4.69, 9.17) is 30.6 Å². The van der Waals surface area contributed by atoms with Crippen LogP contribution in [0.25, 0.3) is 0 Å². The van der Waals surface area contributed by atoms with Gasteiger partial charge in [0.1, 0.15) is 0 Å². The van der Waals surface area contributed by atoms with Gasteiger partial charge in [-0.05, 0) is 0 Å². The quantitative estimate of drug-likeness (QED) is 0.162. The first-order valence-electron chi connectivity index (χ1n) is 17.7. The average Bonchev–Trinajstić information content (AvgIpc) is 3.08. The molecule has 1 aliphatic rings. The van der Waals surface area contributed by atoms with Crippen LogP contribution in [0.4, 0.5) is 0 Å². The average molecular weight is 613 g/mol. The molecule has 42 heavy (non-hydrogen) atoms. The predicted octanol–water partition coefficient (Wildman–Crippen LogP) is 9.35. The van der Waals surface area contributed by atoms with Gasteiger partial charge in [0, 0.05) is 42.7 Å². The van der Waals surface area contributed by atoms with Crippen molar-refractivity contribution >= 4 is 0 Å². The third-order valence-corrected chi connectivity index (χ3v) is 7.50. The molecule has 0 atom stereocenters. The molecule has 1 saturated carbocycles. The third-order valence-electron chi connectivity index (χ3n) is 7.50. The normalized spacial score (nSPS) is 18.0. The lowest BCUT2D eigenvalue weighted by molar-refractivity contribution is 0.399. The zero-order valence-electron chi connectivity index (χ0n) is 29.9. The molecule has 0 radical (unpaired) electrons. The number of aliphatic hydroxyl groups excluding tert-OH is 6. The van der Waals surface area contributed by atoms with Crippen LogP contribution in [0.3, 0.4) is 0 Å². The van der Waals surface area contributed by atoms with Gasteiger partial charge in [-0.1, -0.05) is 193 Å². The van der Waals surface area contributed by atoms with E-state index in [1.807, 2.05) is 0 Å². The van der Waals surface area contributed by atoms with Crippen LogP contribution in [-0.4, -0.2) is 73.3 Å². The van der Waals surface area contributed by atoms with E-state index in [9.17, 15) is 0 Å². The zero-order chi connectivity index (χ0) is 33.2. The summed E-state index contributed by atoms with van der Waals surface area (Å²) >= 11 is 0. The van der Waals surface area contributed by atoms with Crippen molar-refractivity contribution in [1.29, 1.82) is 0 Å². The second-order valence-corrected chi connectivity index (χ2v) is 10.6. The van der Waals surface area contributed by atoms with Gasteiger partial charge in [0.15, 0.2) is 0 Å². The van der Waals surface area contributed by atoms with Crippen LogP contribution in [0, 0.1) is 0 Å². The molecular weight excluding hydrogens is 528 g/mol. The standard InChI is InChI=1S/C30H60.6CH4O/c1-2-4-6-8-10-12-14-16-18-20-22-24-26-28-30-29-27-25-23-21-19-17-15-13-11-9-7-5-3-1;6*1-2/h1-30H2;6*2H,1H3. The fraction of sp³-hybridized carbons (Fsp3) is 1.00. The van der Waals surface area contributed by atoms with Crippen molar-refractivity contribution in [2.45, 2.75) is 193 Å².